The highest BCUT2D eigenvalue weighted by Gasteiger charge is 2.32. The molecule has 0 aromatic rings. The molecule has 0 heterocycles. The lowest BCUT2D eigenvalue weighted by Crippen LogP contribution is -2.24. The predicted octanol–water partition coefficient (Wildman–Crippen LogP) is 0.260. The van der Waals surface area contributed by atoms with Crippen LogP contribution in [0.2, 0.25) is 0 Å². The van der Waals surface area contributed by atoms with Crippen LogP contribution in [0, 0.1) is 0 Å². The summed E-state index contributed by atoms with van der Waals surface area (Å²) in [6, 6.07) is 0. The third-order valence-corrected chi connectivity index (χ3v) is 3.54. The molecule has 0 saturated carbocycles. The Kier molecular flexibility index (Phi) is 3.57. The van der Waals surface area contributed by atoms with Crippen molar-refractivity contribution in [3.8, 4) is 0 Å². The quantitative estimate of drug-likeness (QED) is 0.676. The van der Waals surface area contributed by atoms with E-state index in [0.717, 1.165) is 48.6 Å². The van der Waals surface area contributed by atoms with Gasteiger partial charge in [0.1, 0.15) is 0 Å². The molecule has 0 radical (unpaired) electrons. The molecule has 0 amide bonds. The number of hydrogen-bond donors (Lipinski definition) is 0. The van der Waals surface area contributed by atoms with Crippen LogP contribution in [0.1, 0.15) is 0 Å². The summed E-state index contributed by atoms with van der Waals surface area (Å²) in [5, 5.41) is 0. The molecule has 0 saturated heterocycles. The second kappa shape index (κ2) is 5.58. The van der Waals surface area contributed by atoms with E-state index < -0.39 is 34.7 Å². The van der Waals surface area contributed by atoms with Crippen LogP contribution in [-0.4, -0.2) is 34.7 Å². The van der Waals surface area contributed by atoms with Gasteiger partial charge in [0, 0.05) is 22.3 Å². The van der Waals surface area contributed by atoms with Gasteiger partial charge in [-0.2, -0.15) is 0 Å². The monoisotopic (exact) mass is 320 g/mol. The second-order valence-electron chi connectivity index (χ2n) is 5.16. The van der Waals surface area contributed by atoms with Gasteiger partial charge in [-0.25, -0.2) is 0 Å². The fraction of sp³-hybridized carbons (Fsp3) is 0. The lowest BCUT2D eigenvalue weighted by molar-refractivity contribution is -0.117. The number of rotatable bonds is 2. The molecule has 3 aliphatic rings. The molecule has 0 unspecified atom stereocenters. The van der Waals surface area contributed by atoms with Crippen molar-refractivity contribution in [3.05, 3.63) is 70.9 Å². The van der Waals surface area contributed by atoms with Gasteiger partial charge in [-0.15, -0.1) is 0 Å². The molecule has 0 bridgehead atoms. The molecular formula is C18H8O6. The van der Waals surface area contributed by atoms with E-state index in [0.29, 0.717) is 0 Å². The SMILES string of the molecule is O=C1C=CC(=O)C(C2=CC(=O)C=C(C3=CC(=O)C=CC3=O)C2=O)=C1. The summed E-state index contributed by atoms with van der Waals surface area (Å²) in [6.45, 7) is 0. The summed E-state index contributed by atoms with van der Waals surface area (Å²) in [5.41, 5.74) is -0.957. The second-order valence-corrected chi connectivity index (χ2v) is 5.16. The fourth-order valence-corrected chi connectivity index (χ4v) is 2.44. The molecule has 24 heavy (non-hydrogen) atoms. The van der Waals surface area contributed by atoms with Gasteiger partial charge in [0.2, 0.25) is 0 Å². The summed E-state index contributed by atoms with van der Waals surface area (Å²) in [4.78, 5) is 71.3. The zero-order chi connectivity index (χ0) is 17.4. The number of hydrogen-bond acceptors (Lipinski definition) is 6. The number of carbonyl (C=O) groups excluding carboxylic acids is 6. The number of carbonyl (C=O) groups is 6. The molecule has 0 fully saturated rings. The molecule has 6 heteroatoms. The number of Topliss-reactive ketones (excluding diaryl/α,β-unsaturated/α-hetero) is 1. The number of allylic oxidation sites excluding steroid dienone is 12. The maximum atomic E-state index is 12.6. The third-order valence-electron chi connectivity index (χ3n) is 3.54. The van der Waals surface area contributed by atoms with Crippen molar-refractivity contribution in [2.45, 2.75) is 0 Å². The van der Waals surface area contributed by atoms with Crippen LogP contribution in [-0.2, 0) is 28.8 Å². The van der Waals surface area contributed by atoms with Crippen molar-refractivity contribution in [2.75, 3.05) is 0 Å². The summed E-state index contributed by atoms with van der Waals surface area (Å²) < 4.78 is 0. The minimum atomic E-state index is -0.764. The van der Waals surface area contributed by atoms with Crippen molar-refractivity contribution >= 4 is 34.7 Å². The molecule has 3 rings (SSSR count). The first kappa shape index (κ1) is 15.4. The van der Waals surface area contributed by atoms with Crippen LogP contribution < -0.4 is 0 Å². The van der Waals surface area contributed by atoms with Gasteiger partial charge in [0.05, 0.1) is 0 Å². The first-order chi connectivity index (χ1) is 11.4. The van der Waals surface area contributed by atoms with E-state index >= 15 is 0 Å². The first-order valence-corrected chi connectivity index (χ1v) is 6.86. The largest absolute Gasteiger partial charge is 0.290 e. The summed E-state index contributed by atoms with van der Waals surface area (Å²) in [6.07, 6.45) is 7.91. The molecule has 0 atom stereocenters. The Hall–Kier alpha value is -3.54. The highest BCUT2D eigenvalue weighted by molar-refractivity contribution is 6.35. The molecule has 0 aromatic carbocycles. The van der Waals surface area contributed by atoms with Crippen LogP contribution in [0.3, 0.4) is 0 Å². The Morgan fingerprint density at radius 2 is 0.792 bits per heavy atom. The Morgan fingerprint density at radius 3 is 1.21 bits per heavy atom. The van der Waals surface area contributed by atoms with E-state index in [1.54, 1.807) is 0 Å². The lowest BCUT2D eigenvalue weighted by Gasteiger charge is -2.17. The standard InChI is InChI=1S/C18H8O6/c19-9-1-3-16(22)12(5-9)14-7-11(21)8-15(18(14)24)13-6-10(20)2-4-17(13)23/h1-8H. The van der Waals surface area contributed by atoms with Crippen LogP contribution in [0.25, 0.3) is 0 Å². The molecule has 0 N–H and O–H groups in total. The van der Waals surface area contributed by atoms with Gasteiger partial charge in [-0.05, 0) is 48.6 Å². The molecule has 6 nitrogen and oxygen atoms in total. The van der Waals surface area contributed by atoms with Gasteiger partial charge in [-0.1, -0.05) is 0 Å². The van der Waals surface area contributed by atoms with Gasteiger partial charge < -0.3 is 0 Å². The van der Waals surface area contributed by atoms with Crippen molar-refractivity contribution < 1.29 is 28.8 Å². The smallest absolute Gasteiger partial charge is 0.194 e. The van der Waals surface area contributed by atoms with E-state index in [1.807, 2.05) is 0 Å². The van der Waals surface area contributed by atoms with Crippen molar-refractivity contribution in [1.82, 2.24) is 0 Å². The van der Waals surface area contributed by atoms with Gasteiger partial charge in [0.25, 0.3) is 0 Å². The van der Waals surface area contributed by atoms with Gasteiger partial charge >= 0.3 is 0 Å². The van der Waals surface area contributed by atoms with E-state index in [1.165, 1.54) is 0 Å². The van der Waals surface area contributed by atoms with E-state index in [9.17, 15) is 28.8 Å². The lowest BCUT2D eigenvalue weighted by atomic mass is 9.82. The van der Waals surface area contributed by atoms with Gasteiger partial charge in [0.15, 0.2) is 34.7 Å². The van der Waals surface area contributed by atoms with E-state index in [-0.39, 0.29) is 22.3 Å². The van der Waals surface area contributed by atoms with Crippen molar-refractivity contribution in [1.29, 1.82) is 0 Å². The number of ketones is 6. The molecule has 3 aliphatic carbocycles. The van der Waals surface area contributed by atoms with E-state index in [2.05, 4.69) is 0 Å². The molecule has 0 spiro atoms. The Balaban J connectivity index is 2.05. The zero-order valence-electron chi connectivity index (χ0n) is 12.1. The Morgan fingerprint density at radius 1 is 0.417 bits per heavy atom. The van der Waals surface area contributed by atoms with Crippen molar-refractivity contribution in [2.24, 2.45) is 0 Å². The maximum absolute atomic E-state index is 12.6. The normalized spacial score (nSPS) is 20.8. The molecule has 116 valence electrons. The van der Waals surface area contributed by atoms with E-state index in [4.69, 9.17) is 0 Å². The third kappa shape index (κ3) is 2.61. The zero-order valence-corrected chi connectivity index (χ0v) is 12.1. The first-order valence-electron chi connectivity index (χ1n) is 6.86. The maximum Gasteiger partial charge on any atom is 0.194 e. The molecular weight excluding hydrogens is 312 g/mol. The molecule has 0 aliphatic heterocycles. The van der Waals surface area contributed by atoms with Crippen LogP contribution in [0.15, 0.2) is 70.9 Å². The predicted molar refractivity (Wildman–Crippen MR) is 80.7 cm³/mol. The Labute approximate surface area is 135 Å². The average Bonchev–Trinajstić information content (AvgIpc) is 2.54. The minimum absolute atomic E-state index is 0.211. The van der Waals surface area contributed by atoms with Gasteiger partial charge in [-0.3, -0.25) is 28.8 Å². The molecule has 0 aromatic heterocycles. The van der Waals surface area contributed by atoms with Crippen LogP contribution in [0.5, 0.6) is 0 Å². The highest BCUT2D eigenvalue weighted by atomic mass is 16.2. The topological polar surface area (TPSA) is 102 Å². The summed E-state index contributed by atoms with van der Waals surface area (Å²) in [5.74, 6) is -3.56. The fourth-order valence-electron chi connectivity index (χ4n) is 2.44. The Bertz CT molecular complexity index is 870. The van der Waals surface area contributed by atoms with Crippen LogP contribution >= 0.6 is 0 Å². The summed E-state index contributed by atoms with van der Waals surface area (Å²) >= 11 is 0. The minimum Gasteiger partial charge on any atom is -0.290 e. The highest BCUT2D eigenvalue weighted by Crippen LogP contribution is 2.28. The van der Waals surface area contributed by atoms with Crippen LogP contribution in [0.4, 0.5) is 0 Å². The van der Waals surface area contributed by atoms with Crippen molar-refractivity contribution in [3.63, 3.8) is 0 Å². The summed E-state index contributed by atoms with van der Waals surface area (Å²) in [7, 11) is 0. The average molecular weight is 320 g/mol.